The van der Waals surface area contributed by atoms with E-state index in [9.17, 15) is 28.8 Å². The number of hydrogen-bond donors (Lipinski definition) is 0. The lowest BCUT2D eigenvalue weighted by molar-refractivity contribution is 0.0364. The molecule has 0 unspecified atom stereocenters. The molecule has 0 aliphatic heterocycles. The molecule has 1 aliphatic carbocycles. The summed E-state index contributed by atoms with van der Waals surface area (Å²) in [5, 5.41) is 0.493. The van der Waals surface area contributed by atoms with Gasteiger partial charge in [-0.15, -0.1) is 0 Å². The van der Waals surface area contributed by atoms with Gasteiger partial charge >= 0.3 is 35.8 Å². The van der Waals surface area contributed by atoms with E-state index in [0.717, 1.165) is 123 Å². The average Bonchev–Trinajstić information content (AvgIpc) is 1.51. The third kappa shape index (κ3) is 35.6. The summed E-state index contributed by atoms with van der Waals surface area (Å²) in [7, 11) is 0. The summed E-state index contributed by atoms with van der Waals surface area (Å²) >= 11 is 9.75. The first-order valence-electron chi connectivity index (χ1n) is 48.3. The Labute approximate surface area is 849 Å². The number of halogens is 2. The lowest BCUT2D eigenvalue weighted by Crippen LogP contribution is -2.16. The van der Waals surface area contributed by atoms with Gasteiger partial charge in [0, 0.05) is 42.9 Å². The molecule has 748 valence electrons. The Bertz CT molecular complexity index is 5760. The third-order valence-electron chi connectivity index (χ3n) is 22.5. The largest absolute Gasteiger partial charge is 0.489 e. The van der Waals surface area contributed by atoms with Crippen molar-refractivity contribution in [3.8, 4) is 34.5 Å². The molecule has 12 aromatic rings. The Morgan fingerprint density at radius 2 is 0.496 bits per heavy atom. The minimum atomic E-state index is -0.387. The number of esters is 6. The number of carbonyl (C=O) groups excluding carboxylic acids is 6. The van der Waals surface area contributed by atoms with Gasteiger partial charge in [0.25, 0.3) is 0 Å². The fraction of sp³-hybridized carbons (Fsp3) is 0.355. The van der Waals surface area contributed by atoms with Crippen LogP contribution in [0.3, 0.4) is 0 Å². The molecule has 1 fully saturated rings. The Kier molecular flexibility index (Phi) is 44.4. The molecular weight excluding hydrogens is 1860 g/mol. The molecule has 0 atom stereocenters. The topological polar surface area (TPSA) is 213 Å². The monoisotopic (exact) mass is 2000 g/mol. The molecule has 0 spiro atoms. The molecule has 0 N–H and O–H groups in total. The van der Waals surface area contributed by atoms with Crippen molar-refractivity contribution in [2.24, 2.45) is 0 Å². The molecule has 1 saturated carbocycles. The molecule has 141 heavy (non-hydrogen) atoms. The number of carbonyl (C=O) groups is 6. The van der Waals surface area contributed by atoms with Crippen molar-refractivity contribution in [1.82, 2.24) is 0 Å². The normalized spacial score (nSPS) is 11.3. The van der Waals surface area contributed by atoms with Gasteiger partial charge in [-0.05, 0) is 346 Å². The highest BCUT2D eigenvalue weighted by Crippen LogP contribution is 2.43. The summed E-state index contributed by atoms with van der Waals surface area (Å²) in [6, 6.07) is 70.0. The Morgan fingerprint density at radius 1 is 0.270 bits per heavy atom. The maximum absolute atomic E-state index is 12.5. The second-order valence-electron chi connectivity index (χ2n) is 37.2. The number of hydrogen-bond acceptors (Lipinski definition) is 18. The van der Waals surface area contributed by atoms with Crippen molar-refractivity contribution in [3.05, 3.63) is 384 Å². The molecule has 0 heterocycles. The van der Waals surface area contributed by atoms with Crippen LogP contribution >= 0.6 is 27.5 Å². The van der Waals surface area contributed by atoms with Gasteiger partial charge < -0.3 is 56.8 Å². The van der Waals surface area contributed by atoms with E-state index < -0.39 is 0 Å². The minimum Gasteiger partial charge on any atom is -0.489 e. The van der Waals surface area contributed by atoms with Gasteiger partial charge in [-0.3, -0.25) is 0 Å². The van der Waals surface area contributed by atoms with E-state index in [0.29, 0.717) is 82.9 Å². The average molecular weight is 2000 g/mol. The van der Waals surface area contributed by atoms with Crippen LogP contribution in [0.25, 0.3) is 0 Å². The molecule has 0 amide bonds. The van der Waals surface area contributed by atoms with Crippen LogP contribution in [-0.4, -0.2) is 72.4 Å². The van der Waals surface area contributed by atoms with Crippen molar-refractivity contribution in [3.63, 3.8) is 0 Å². The van der Waals surface area contributed by atoms with Crippen LogP contribution in [0.1, 0.15) is 293 Å². The summed E-state index contributed by atoms with van der Waals surface area (Å²) in [4.78, 5) is 73.9. The second kappa shape index (κ2) is 55.3. The predicted octanol–water partition coefficient (Wildman–Crippen LogP) is 30.2. The van der Waals surface area contributed by atoms with E-state index in [4.69, 9.17) is 68.4 Å². The van der Waals surface area contributed by atoms with Crippen LogP contribution in [0, 0.1) is 96.9 Å². The molecule has 13 rings (SSSR count). The Hall–Kier alpha value is -13.0. The Balaban J connectivity index is 0.000000207. The van der Waals surface area contributed by atoms with Gasteiger partial charge in [0.1, 0.15) is 74.1 Å². The molecule has 18 nitrogen and oxygen atoms in total. The van der Waals surface area contributed by atoms with E-state index in [2.05, 4.69) is 93.0 Å². The predicted molar refractivity (Wildman–Crippen MR) is 567 cm³/mol. The third-order valence-corrected chi connectivity index (χ3v) is 23.6. The first-order valence-corrected chi connectivity index (χ1v) is 49.5. The summed E-state index contributed by atoms with van der Waals surface area (Å²) < 4.78 is 68.6. The fourth-order valence-electron chi connectivity index (χ4n) is 15.4. The zero-order chi connectivity index (χ0) is 104. The number of aryl methyl sites for hydroxylation is 15. The summed E-state index contributed by atoms with van der Waals surface area (Å²) in [6.45, 7) is 54.6. The van der Waals surface area contributed by atoms with E-state index in [1.165, 1.54) is 51.8 Å². The van der Waals surface area contributed by atoms with Gasteiger partial charge in [0.15, 0.2) is 0 Å². The van der Waals surface area contributed by atoms with Crippen LogP contribution in [0.15, 0.2) is 223 Å². The zero-order valence-electron chi connectivity index (χ0n) is 87.3. The smallest absolute Gasteiger partial charge is 0.338 e. The molecule has 0 bridgehead atoms. The number of rotatable bonds is 32. The van der Waals surface area contributed by atoms with Crippen LogP contribution < -0.4 is 28.4 Å². The highest BCUT2D eigenvalue weighted by molar-refractivity contribution is 9.10. The van der Waals surface area contributed by atoms with Gasteiger partial charge in [-0.25, -0.2) is 28.8 Å². The highest BCUT2D eigenvalue weighted by Gasteiger charge is 2.30. The lowest BCUT2D eigenvalue weighted by Gasteiger charge is -2.17. The molecular formula is C121H142BrClO18. The molecule has 0 radical (unpaired) electrons. The van der Waals surface area contributed by atoms with Crippen molar-refractivity contribution >= 4 is 63.3 Å². The highest BCUT2D eigenvalue weighted by atomic mass is 79.9. The van der Waals surface area contributed by atoms with Gasteiger partial charge in [0.05, 0.1) is 70.0 Å². The number of ether oxygens (including phenoxy) is 12. The quantitative estimate of drug-likeness (QED) is 0.0283. The van der Waals surface area contributed by atoms with Crippen molar-refractivity contribution in [2.45, 2.75) is 288 Å². The lowest BCUT2D eigenvalue weighted by atomic mass is 9.98. The number of benzene rings is 12. The van der Waals surface area contributed by atoms with E-state index in [1.54, 1.807) is 36.4 Å². The molecule has 1 aliphatic rings. The zero-order valence-corrected chi connectivity index (χ0v) is 89.6. The summed E-state index contributed by atoms with van der Waals surface area (Å²) in [5.74, 6) is 3.63. The van der Waals surface area contributed by atoms with E-state index in [1.807, 2.05) is 292 Å². The molecule has 20 heteroatoms. The standard InChI is InChI=1S/C22H26O3.C21H26O3.2C20H24O3.C19H21BrO3.C19H21ClO3/c1-14(2)25-22(23)19-7-5-6-18(17-9-10-17)20(19)13-24-21-11-8-15(3)12-16(21)4;1-6-17-8-7-9-18(21(22)24-14(2)3)19(17)13-23-20-11-10-15(4)12-16(20)5;2*1-13(2)23-20(21)17-8-6-7-15(4)18(17)12-22-19-10-9-14(3)11-16(19)5;2*1-12(2)23-19(21)15-6-5-7-17(20)16(15)11-22-18-9-8-13(3)10-14(18)4/h5-8,11-12,14,17H,9-10,13H2,1-4H3;7-12,14H,6,13H2,1-5H3;2*6-11,13H,12H2,1-5H3;2*5-10,12H,11H2,1-4H3. The fourth-order valence-corrected chi connectivity index (χ4v) is 16.1. The maximum Gasteiger partial charge on any atom is 0.338 e. The first-order chi connectivity index (χ1) is 66.9. The summed E-state index contributed by atoms with van der Waals surface area (Å²) in [6.07, 6.45) is 2.30. The van der Waals surface area contributed by atoms with Gasteiger partial charge in [-0.2, -0.15) is 0 Å². The maximum atomic E-state index is 12.5. The van der Waals surface area contributed by atoms with Crippen molar-refractivity contribution in [2.75, 3.05) is 0 Å². The minimum absolute atomic E-state index is 0.134. The van der Waals surface area contributed by atoms with Crippen LogP contribution in [0.2, 0.25) is 5.02 Å². The Morgan fingerprint density at radius 3 is 0.780 bits per heavy atom. The molecule has 0 saturated heterocycles. The summed E-state index contributed by atoms with van der Waals surface area (Å²) in [5.41, 5.74) is 26.4. The van der Waals surface area contributed by atoms with Crippen molar-refractivity contribution < 1.29 is 85.6 Å². The van der Waals surface area contributed by atoms with Crippen LogP contribution in [-0.2, 0) is 74.5 Å². The van der Waals surface area contributed by atoms with Gasteiger partial charge in [0.2, 0.25) is 0 Å². The van der Waals surface area contributed by atoms with E-state index >= 15 is 0 Å². The molecule has 0 aromatic heterocycles. The van der Waals surface area contributed by atoms with Crippen LogP contribution in [0.5, 0.6) is 34.5 Å². The van der Waals surface area contributed by atoms with Gasteiger partial charge in [-0.1, -0.05) is 201 Å². The van der Waals surface area contributed by atoms with Crippen LogP contribution in [0.4, 0.5) is 0 Å². The second-order valence-corrected chi connectivity index (χ2v) is 38.5. The van der Waals surface area contributed by atoms with E-state index in [-0.39, 0.29) is 79.0 Å². The van der Waals surface area contributed by atoms with Crippen molar-refractivity contribution in [1.29, 1.82) is 0 Å². The SMILES string of the molecule is CCc1cccc(C(=O)OC(C)C)c1COc1ccc(C)cc1C.Cc1ccc(OCc2c(Br)cccc2C(=O)OC(C)C)c(C)c1.Cc1ccc(OCc2c(C(=O)OC(C)C)cccc2C2CC2)c(C)c1.Cc1ccc(OCc2c(C)cccc2C(=O)OC(C)C)c(C)c1.Cc1ccc(OCc2c(C)cccc2C(=O)OC(C)C)c(C)c1.Cc1ccc(OCc2c(Cl)cccc2C(=O)OC(C)C)c(C)c1. The first kappa shape index (κ1) is 113. The molecule has 12 aromatic carbocycles.